The van der Waals surface area contributed by atoms with Crippen LogP contribution in [0.25, 0.3) is 0 Å². The summed E-state index contributed by atoms with van der Waals surface area (Å²) in [5.74, 6) is 0.216. The van der Waals surface area contributed by atoms with Crippen molar-refractivity contribution >= 4 is 23.8 Å². The highest BCUT2D eigenvalue weighted by atomic mass is 35.5. The quantitative estimate of drug-likeness (QED) is 0.817. The number of benzene rings is 1. The van der Waals surface area contributed by atoms with Gasteiger partial charge in [-0.15, -0.1) is 0 Å². The molecule has 1 fully saturated rings. The predicted octanol–water partition coefficient (Wildman–Crippen LogP) is 1.91. The summed E-state index contributed by atoms with van der Waals surface area (Å²) in [5.41, 5.74) is 1.12. The number of nitrogens with one attached hydrogen (secondary N) is 1. The monoisotopic (exact) mass is 308 g/mol. The number of likely N-dealkylation sites (tertiary alicyclic amines) is 1. The topological polar surface area (TPSA) is 49.4 Å². The van der Waals surface area contributed by atoms with Gasteiger partial charge in [0, 0.05) is 17.5 Å². The highest BCUT2D eigenvalue weighted by molar-refractivity contribution is 6.30. The van der Waals surface area contributed by atoms with E-state index in [2.05, 4.69) is 10.2 Å². The molecule has 1 saturated heterocycles. The minimum absolute atomic E-state index is 0.0431. The SMILES string of the molecule is O=CC1CCN(CC(=O)NCCc2cccc(Cl)c2)CC1. The zero-order valence-electron chi connectivity index (χ0n) is 12.1. The first-order chi connectivity index (χ1) is 10.2. The van der Waals surface area contributed by atoms with Gasteiger partial charge in [-0.2, -0.15) is 0 Å². The highest BCUT2D eigenvalue weighted by Crippen LogP contribution is 2.14. The van der Waals surface area contributed by atoms with Crippen LogP contribution in [0, 0.1) is 5.92 Å². The summed E-state index contributed by atoms with van der Waals surface area (Å²) in [6.45, 7) is 2.68. The van der Waals surface area contributed by atoms with Crippen LogP contribution in [0.4, 0.5) is 0 Å². The zero-order chi connectivity index (χ0) is 15.1. The zero-order valence-corrected chi connectivity index (χ0v) is 12.8. The smallest absolute Gasteiger partial charge is 0.234 e. The Bertz CT molecular complexity index is 485. The summed E-state index contributed by atoms with van der Waals surface area (Å²) < 4.78 is 0. The number of hydrogen-bond acceptors (Lipinski definition) is 3. The predicted molar refractivity (Wildman–Crippen MR) is 83.4 cm³/mol. The van der Waals surface area contributed by atoms with E-state index < -0.39 is 0 Å². The van der Waals surface area contributed by atoms with Crippen LogP contribution in [-0.4, -0.2) is 43.3 Å². The molecule has 4 nitrogen and oxygen atoms in total. The molecule has 1 amide bonds. The Morgan fingerprint density at radius 2 is 2.14 bits per heavy atom. The average Bonchev–Trinajstić information content (AvgIpc) is 2.48. The first-order valence-corrected chi connectivity index (χ1v) is 7.74. The van der Waals surface area contributed by atoms with Crippen molar-refractivity contribution in [3.8, 4) is 0 Å². The van der Waals surface area contributed by atoms with Crippen molar-refractivity contribution in [1.82, 2.24) is 10.2 Å². The summed E-state index contributed by atoms with van der Waals surface area (Å²) in [5, 5.41) is 3.65. The number of carbonyl (C=O) groups is 2. The molecule has 1 aliphatic rings. The lowest BCUT2D eigenvalue weighted by Crippen LogP contribution is -2.42. The van der Waals surface area contributed by atoms with Gasteiger partial charge in [-0.3, -0.25) is 9.69 Å². The van der Waals surface area contributed by atoms with Crippen molar-refractivity contribution in [2.75, 3.05) is 26.2 Å². The second-order valence-electron chi connectivity index (χ2n) is 5.48. The third-order valence-electron chi connectivity index (χ3n) is 3.82. The molecule has 0 atom stereocenters. The van der Waals surface area contributed by atoms with Gasteiger partial charge in [-0.25, -0.2) is 0 Å². The van der Waals surface area contributed by atoms with Crippen LogP contribution < -0.4 is 5.32 Å². The van der Waals surface area contributed by atoms with Crippen LogP contribution >= 0.6 is 11.6 Å². The van der Waals surface area contributed by atoms with E-state index in [1.165, 1.54) is 0 Å². The van der Waals surface area contributed by atoms with Crippen LogP contribution in [0.3, 0.4) is 0 Å². The number of carbonyl (C=O) groups excluding carboxylic acids is 2. The van der Waals surface area contributed by atoms with E-state index in [1.807, 2.05) is 24.3 Å². The molecule has 1 aromatic carbocycles. The number of amides is 1. The molecule has 0 bridgehead atoms. The summed E-state index contributed by atoms with van der Waals surface area (Å²) in [4.78, 5) is 24.7. The summed E-state index contributed by atoms with van der Waals surface area (Å²) in [6.07, 6.45) is 3.53. The standard InChI is InChI=1S/C16H21ClN2O2/c17-15-3-1-2-13(10-15)4-7-18-16(21)11-19-8-5-14(12-20)6-9-19/h1-3,10,12,14H,4-9,11H2,(H,18,21). The van der Waals surface area contributed by atoms with Gasteiger partial charge in [0.2, 0.25) is 5.91 Å². The van der Waals surface area contributed by atoms with E-state index in [1.54, 1.807) is 0 Å². The lowest BCUT2D eigenvalue weighted by Gasteiger charge is -2.28. The maximum Gasteiger partial charge on any atom is 0.234 e. The van der Waals surface area contributed by atoms with E-state index in [0.717, 1.165) is 49.2 Å². The molecular weight excluding hydrogens is 288 g/mol. The van der Waals surface area contributed by atoms with E-state index in [9.17, 15) is 9.59 Å². The molecule has 0 aliphatic carbocycles. The largest absolute Gasteiger partial charge is 0.355 e. The second-order valence-corrected chi connectivity index (χ2v) is 5.92. The maximum atomic E-state index is 11.9. The van der Waals surface area contributed by atoms with E-state index in [4.69, 9.17) is 11.6 Å². The van der Waals surface area contributed by atoms with Gasteiger partial charge in [0.25, 0.3) is 0 Å². The van der Waals surface area contributed by atoms with E-state index in [-0.39, 0.29) is 11.8 Å². The molecule has 0 saturated carbocycles. The summed E-state index contributed by atoms with van der Waals surface area (Å²) in [7, 11) is 0. The Hall–Kier alpha value is -1.39. The van der Waals surface area contributed by atoms with Crippen molar-refractivity contribution in [3.63, 3.8) is 0 Å². The minimum Gasteiger partial charge on any atom is -0.355 e. The molecule has 1 heterocycles. The van der Waals surface area contributed by atoms with Gasteiger partial charge in [0.15, 0.2) is 0 Å². The van der Waals surface area contributed by atoms with Crippen LogP contribution in [0.5, 0.6) is 0 Å². The van der Waals surface area contributed by atoms with Crippen LogP contribution in [-0.2, 0) is 16.0 Å². The van der Waals surface area contributed by atoms with E-state index in [0.29, 0.717) is 13.1 Å². The minimum atomic E-state index is 0.0431. The lowest BCUT2D eigenvalue weighted by molar-refractivity contribution is -0.122. The first kappa shape index (κ1) is 16.0. The van der Waals surface area contributed by atoms with Gasteiger partial charge >= 0.3 is 0 Å². The molecule has 1 N–H and O–H groups in total. The normalized spacial score (nSPS) is 16.6. The molecule has 0 unspecified atom stereocenters. The molecule has 21 heavy (non-hydrogen) atoms. The Morgan fingerprint density at radius 3 is 2.81 bits per heavy atom. The molecule has 5 heteroatoms. The molecule has 2 rings (SSSR count). The molecule has 114 valence electrons. The first-order valence-electron chi connectivity index (χ1n) is 7.36. The number of piperidine rings is 1. The van der Waals surface area contributed by atoms with Crippen LogP contribution in [0.15, 0.2) is 24.3 Å². The Kier molecular flexibility index (Phi) is 6.21. The van der Waals surface area contributed by atoms with Gasteiger partial charge < -0.3 is 10.1 Å². The molecule has 1 aromatic rings. The van der Waals surface area contributed by atoms with Gasteiger partial charge in [0.05, 0.1) is 6.54 Å². The second kappa shape index (κ2) is 8.15. The Labute approximate surface area is 130 Å². The third-order valence-corrected chi connectivity index (χ3v) is 4.05. The summed E-state index contributed by atoms with van der Waals surface area (Å²) >= 11 is 5.92. The van der Waals surface area contributed by atoms with Crippen molar-refractivity contribution < 1.29 is 9.59 Å². The Balaban J connectivity index is 1.65. The number of rotatable bonds is 6. The van der Waals surface area contributed by atoms with E-state index >= 15 is 0 Å². The molecule has 0 radical (unpaired) electrons. The molecule has 0 aromatic heterocycles. The van der Waals surface area contributed by atoms with Crippen LogP contribution in [0.1, 0.15) is 18.4 Å². The van der Waals surface area contributed by atoms with Crippen LogP contribution in [0.2, 0.25) is 5.02 Å². The highest BCUT2D eigenvalue weighted by Gasteiger charge is 2.19. The van der Waals surface area contributed by atoms with Crippen molar-refractivity contribution in [2.24, 2.45) is 5.92 Å². The fraction of sp³-hybridized carbons (Fsp3) is 0.500. The molecule has 0 spiro atoms. The molecule has 1 aliphatic heterocycles. The maximum absolute atomic E-state index is 11.9. The number of nitrogens with zero attached hydrogens (tertiary/aromatic N) is 1. The van der Waals surface area contributed by atoms with Crippen molar-refractivity contribution in [2.45, 2.75) is 19.3 Å². The van der Waals surface area contributed by atoms with Crippen molar-refractivity contribution in [3.05, 3.63) is 34.9 Å². The lowest BCUT2D eigenvalue weighted by atomic mass is 9.99. The summed E-state index contributed by atoms with van der Waals surface area (Å²) in [6, 6.07) is 7.67. The fourth-order valence-electron chi connectivity index (χ4n) is 2.54. The number of halogens is 1. The average molecular weight is 309 g/mol. The van der Waals surface area contributed by atoms with Gasteiger partial charge in [-0.05, 0) is 50.0 Å². The van der Waals surface area contributed by atoms with Crippen molar-refractivity contribution in [1.29, 1.82) is 0 Å². The number of aldehydes is 1. The number of hydrogen-bond donors (Lipinski definition) is 1. The Morgan fingerprint density at radius 1 is 1.38 bits per heavy atom. The molecular formula is C16H21ClN2O2. The fourth-order valence-corrected chi connectivity index (χ4v) is 2.76. The van der Waals surface area contributed by atoms with Gasteiger partial charge in [-0.1, -0.05) is 23.7 Å². The third kappa shape index (κ3) is 5.48. The van der Waals surface area contributed by atoms with Gasteiger partial charge in [0.1, 0.15) is 6.29 Å².